The van der Waals surface area contributed by atoms with Crippen molar-refractivity contribution in [3.05, 3.63) is 35.4 Å². The number of rotatable bonds is 5. The van der Waals surface area contributed by atoms with Crippen molar-refractivity contribution < 1.29 is 4.79 Å². The first-order valence-corrected chi connectivity index (χ1v) is 6.91. The minimum Gasteiger partial charge on any atom is -0.338 e. The molecule has 3 nitrogen and oxygen atoms in total. The molecule has 18 heavy (non-hydrogen) atoms. The maximum absolute atomic E-state index is 12.0. The molecule has 0 atom stereocenters. The van der Waals surface area contributed by atoms with E-state index in [9.17, 15) is 4.79 Å². The Morgan fingerprint density at radius 1 is 1.17 bits per heavy atom. The number of hydrogen-bond donors (Lipinski definition) is 1. The second kappa shape index (κ2) is 6.43. The molecule has 2 rings (SSSR count). The van der Waals surface area contributed by atoms with Crippen molar-refractivity contribution in [2.75, 3.05) is 6.54 Å². The van der Waals surface area contributed by atoms with Crippen molar-refractivity contribution in [3.8, 4) is 0 Å². The Labute approximate surface area is 109 Å². The molecule has 1 aliphatic rings. The summed E-state index contributed by atoms with van der Waals surface area (Å²) in [5.41, 5.74) is 2.55. The summed E-state index contributed by atoms with van der Waals surface area (Å²) in [6.07, 6.45) is 4.78. The number of hydrogen-bond acceptors (Lipinski definition) is 1. The van der Waals surface area contributed by atoms with Crippen LogP contribution in [0, 0.1) is 0 Å². The third-order valence-corrected chi connectivity index (χ3v) is 3.43. The molecule has 0 aromatic heterocycles. The Hall–Kier alpha value is -1.51. The molecule has 1 N–H and O–H groups in total. The highest BCUT2D eigenvalue weighted by Gasteiger charge is 2.22. The monoisotopic (exact) mass is 246 g/mol. The minimum absolute atomic E-state index is 0.0719. The van der Waals surface area contributed by atoms with Gasteiger partial charge >= 0.3 is 6.03 Å². The van der Waals surface area contributed by atoms with Crippen LogP contribution in [0.3, 0.4) is 0 Å². The van der Waals surface area contributed by atoms with Crippen LogP contribution in [-0.4, -0.2) is 17.5 Å². The fourth-order valence-electron chi connectivity index (χ4n) is 2.34. The molecule has 0 spiro atoms. The Morgan fingerprint density at radius 2 is 1.83 bits per heavy atom. The third-order valence-electron chi connectivity index (χ3n) is 3.43. The summed E-state index contributed by atoms with van der Waals surface area (Å²) in [5.74, 6) is 0. The predicted octanol–water partition coefficient (Wildman–Crippen LogP) is 3.29. The number of benzene rings is 1. The number of carbonyl (C=O) groups is 1. The molecule has 1 aromatic rings. The molecule has 0 unspecified atom stereocenters. The fourth-order valence-corrected chi connectivity index (χ4v) is 2.34. The number of fused-ring (bicyclic) bond motifs is 1. The van der Waals surface area contributed by atoms with Crippen LogP contribution in [0.1, 0.15) is 43.7 Å². The lowest BCUT2D eigenvalue weighted by molar-refractivity contribution is 0.198. The van der Waals surface area contributed by atoms with Gasteiger partial charge in [-0.15, -0.1) is 0 Å². The highest BCUT2D eigenvalue weighted by molar-refractivity contribution is 5.75. The van der Waals surface area contributed by atoms with Gasteiger partial charge in [0.25, 0.3) is 0 Å². The van der Waals surface area contributed by atoms with E-state index in [-0.39, 0.29) is 6.03 Å². The van der Waals surface area contributed by atoms with E-state index >= 15 is 0 Å². The highest BCUT2D eigenvalue weighted by atomic mass is 16.2. The number of carbonyl (C=O) groups excluding carboxylic acids is 1. The van der Waals surface area contributed by atoms with Gasteiger partial charge in [-0.25, -0.2) is 4.79 Å². The second-order valence-electron chi connectivity index (χ2n) is 4.92. The van der Waals surface area contributed by atoms with E-state index in [4.69, 9.17) is 0 Å². The summed E-state index contributed by atoms with van der Waals surface area (Å²) >= 11 is 0. The molecule has 2 amide bonds. The largest absolute Gasteiger partial charge is 0.338 e. The van der Waals surface area contributed by atoms with Crippen LogP contribution in [0.5, 0.6) is 0 Å². The molecule has 0 saturated heterocycles. The van der Waals surface area contributed by atoms with Gasteiger partial charge in [0.05, 0.1) is 0 Å². The van der Waals surface area contributed by atoms with Gasteiger partial charge in [0.1, 0.15) is 0 Å². The number of amides is 2. The molecule has 98 valence electrons. The smallest absolute Gasteiger partial charge is 0.318 e. The first-order valence-electron chi connectivity index (χ1n) is 6.91. The summed E-state index contributed by atoms with van der Waals surface area (Å²) < 4.78 is 0. The Balaban J connectivity index is 1.72. The normalized spacial score (nSPS) is 13.5. The molecule has 0 fully saturated rings. The van der Waals surface area contributed by atoms with Gasteiger partial charge in [-0.3, -0.25) is 0 Å². The van der Waals surface area contributed by atoms with E-state index in [1.54, 1.807) is 0 Å². The molecule has 1 aromatic carbocycles. The number of unbranched alkanes of at least 4 members (excludes halogenated alkanes) is 3. The van der Waals surface area contributed by atoms with Gasteiger partial charge in [0.2, 0.25) is 0 Å². The maximum Gasteiger partial charge on any atom is 0.318 e. The number of nitrogens with one attached hydrogen (secondary N) is 1. The topological polar surface area (TPSA) is 32.3 Å². The summed E-state index contributed by atoms with van der Waals surface area (Å²) in [7, 11) is 0. The fraction of sp³-hybridized carbons (Fsp3) is 0.533. The van der Waals surface area contributed by atoms with Crippen LogP contribution < -0.4 is 5.32 Å². The van der Waals surface area contributed by atoms with Gasteiger partial charge in [-0.05, 0) is 17.5 Å². The van der Waals surface area contributed by atoms with Crippen LogP contribution in [0.25, 0.3) is 0 Å². The third kappa shape index (κ3) is 3.25. The summed E-state index contributed by atoms with van der Waals surface area (Å²) in [6.45, 7) is 4.49. The van der Waals surface area contributed by atoms with E-state index in [1.165, 1.54) is 30.4 Å². The Kier molecular flexibility index (Phi) is 4.62. The average molecular weight is 246 g/mol. The first-order chi connectivity index (χ1) is 8.81. The standard InChI is InChI=1S/C15H22N2O/c1-2-3-4-7-10-16-15(18)17-11-13-8-5-6-9-14(13)12-17/h5-6,8-9H,2-4,7,10-12H2,1H3,(H,16,18). The van der Waals surface area contributed by atoms with E-state index in [0.29, 0.717) is 0 Å². The SMILES string of the molecule is CCCCCCNC(=O)N1Cc2ccccc2C1. The predicted molar refractivity (Wildman–Crippen MR) is 73.2 cm³/mol. The minimum atomic E-state index is 0.0719. The van der Waals surface area contributed by atoms with Crippen LogP contribution in [0.2, 0.25) is 0 Å². The molecule has 3 heteroatoms. The molecular weight excluding hydrogens is 224 g/mol. The highest BCUT2D eigenvalue weighted by Crippen LogP contribution is 2.21. The maximum atomic E-state index is 12.0. The zero-order valence-corrected chi connectivity index (χ0v) is 11.1. The van der Waals surface area contributed by atoms with Crippen molar-refractivity contribution in [1.82, 2.24) is 10.2 Å². The molecule has 0 saturated carbocycles. The number of nitrogens with zero attached hydrogens (tertiary/aromatic N) is 1. The van der Waals surface area contributed by atoms with Crippen LogP contribution in [0.15, 0.2) is 24.3 Å². The van der Waals surface area contributed by atoms with E-state index < -0.39 is 0 Å². The molecule has 0 radical (unpaired) electrons. The quantitative estimate of drug-likeness (QED) is 0.794. The summed E-state index contributed by atoms with van der Waals surface area (Å²) in [6, 6.07) is 8.34. The molecule has 1 heterocycles. The molecule has 1 aliphatic heterocycles. The van der Waals surface area contributed by atoms with Crippen LogP contribution in [-0.2, 0) is 13.1 Å². The first kappa shape index (κ1) is 12.9. The number of urea groups is 1. The van der Waals surface area contributed by atoms with Crippen molar-refractivity contribution in [2.45, 2.75) is 45.7 Å². The van der Waals surface area contributed by atoms with Crippen LogP contribution >= 0.6 is 0 Å². The lowest BCUT2D eigenvalue weighted by atomic mass is 10.1. The van der Waals surface area contributed by atoms with Crippen molar-refractivity contribution in [1.29, 1.82) is 0 Å². The summed E-state index contributed by atoms with van der Waals surface area (Å²) in [5, 5.41) is 3.01. The van der Waals surface area contributed by atoms with Crippen molar-refractivity contribution in [2.24, 2.45) is 0 Å². The molecular formula is C15H22N2O. The van der Waals surface area contributed by atoms with Gasteiger partial charge in [-0.2, -0.15) is 0 Å². The van der Waals surface area contributed by atoms with E-state index in [1.807, 2.05) is 17.0 Å². The Morgan fingerprint density at radius 3 is 2.44 bits per heavy atom. The van der Waals surface area contributed by atoms with Crippen LogP contribution in [0.4, 0.5) is 4.79 Å². The van der Waals surface area contributed by atoms with Gasteiger partial charge in [0.15, 0.2) is 0 Å². The summed E-state index contributed by atoms with van der Waals surface area (Å²) in [4.78, 5) is 13.8. The van der Waals surface area contributed by atoms with E-state index in [0.717, 1.165) is 26.1 Å². The van der Waals surface area contributed by atoms with E-state index in [2.05, 4.69) is 24.4 Å². The second-order valence-corrected chi connectivity index (χ2v) is 4.92. The van der Waals surface area contributed by atoms with Gasteiger partial charge < -0.3 is 10.2 Å². The van der Waals surface area contributed by atoms with Gasteiger partial charge in [0, 0.05) is 19.6 Å². The Bertz CT molecular complexity index is 378. The lowest BCUT2D eigenvalue weighted by Crippen LogP contribution is -2.36. The molecule has 0 bridgehead atoms. The zero-order chi connectivity index (χ0) is 12.8. The van der Waals surface area contributed by atoms with Crippen molar-refractivity contribution in [3.63, 3.8) is 0 Å². The average Bonchev–Trinajstić information content (AvgIpc) is 2.82. The van der Waals surface area contributed by atoms with Gasteiger partial charge in [-0.1, -0.05) is 50.5 Å². The lowest BCUT2D eigenvalue weighted by Gasteiger charge is -2.16. The molecule has 0 aliphatic carbocycles. The van der Waals surface area contributed by atoms with Crippen molar-refractivity contribution >= 4 is 6.03 Å². The zero-order valence-electron chi connectivity index (χ0n) is 11.1.